The van der Waals surface area contributed by atoms with Gasteiger partial charge >= 0.3 is 0 Å². The largest absolute Gasteiger partial charge is 0.468 e. The van der Waals surface area contributed by atoms with Gasteiger partial charge in [-0.05, 0) is 50.5 Å². The van der Waals surface area contributed by atoms with Gasteiger partial charge in [0.05, 0.1) is 19.4 Å². The van der Waals surface area contributed by atoms with Crippen LogP contribution in [0.4, 0.5) is 0 Å². The van der Waals surface area contributed by atoms with Crippen LogP contribution in [0.1, 0.15) is 18.6 Å². The van der Waals surface area contributed by atoms with Crippen molar-refractivity contribution in [3.63, 3.8) is 0 Å². The Morgan fingerprint density at radius 3 is 2.85 bits per heavy atom. The van der Waals surface area contributed by atoms with E-state index in [1.165, 1.54) is 39.0 Å². The Morgan fingerprint density at radius 2 is 2.20 bits per heavy atom. The molecule has 0 amide bonds. The molecule has 0 N–H and O–H groups in total. The van der Waals surface area contributed by atoms with Crippen LogP contribution in [0.5, 0.6) is 0 Å². The lowest BCUT2D eigenvalue weighted by Gasteiger charge is -2.42. The van der Waals surface area contributed by atoms with Crippen LogP contribution in [-0.2, 0) is 11.3 Å². The molecule has 1 spiro atoms. The first kappa shape index (κ1) is 14.1. The van der Waals surface area contributed by atoms with Gasteiger partial charge < -0.3 is 14.1 Å². The van der Waals surface area contributed by atoms with Crippen molar-refractivity contribution in [1.82, 2.24) is 9.80 Å². The van der Waals surface area contributed by atoms with E-state index in [-0.39, 0.29) is 0 Å². The summed E-state index contributed by atoms with van der Waals surface area (Å²) in [7, 11) is 4.07. The van der Waals surface area contributed by atoms with Crippen LogP contribution in [0.25, 0.3) is 0 Å². The van der Waals surface area contributed by atoms with Crippen LogP contribution in [0.3, 0.4) is 0 Å². The molecule has 4 nitrogen and oxygen atoms in total. The molecular weight excluding hydrogens is 252 g/mol. The van der Waals surface area contributed by atoms with Crippen LogP contribution in [0, 0.1) is 11.3 Å². The number of nitrogens with zero attached hydrogens (tertiary/aromatic N) is 2. The fourth-order valence-corrected chi connectivity index (χ4v) is 4.08. The third-order valence-corrected chi connectivity index (χ3v) is 5.16. The third kappa shape index (κ3) is 2.78. The highest BCUT2D eigenvalue weighted by atomic mass is 16.5. The molecule has 3 heterocycles. The van der Waals surface area contributed by atoms with E-state index < -0.39 is 0 Å². The Bertz CT molecular complexity index is 410. The first-order valence-corrected chi connectivity index (χ1v) is 7.64. The minimum atomic E-state index is 0.477. The quantitative estimate of drug-likeness (QED) is 0.843. The number of ether oxygens (including phenoxy) is 1. The Morgan fingerprint density at radius 1 is 1.40 bits per heavy atom. The normalized spacial score (nSPS) is 27.4. The molecule has 2 fully saturated rings. The van der Waals surface area contributed by atoms with Gasteiger partial charge in [-0.3, -0.25) is 4.90 Å². The average Bonchev–Trinajstić information content (AvgIpc) is 3.03. The summed E-state index contributed by atoms with van der Waals surface area (Å²) in [6.07, 6.45) is 4.33. The van der Waals surface area contributed by atoms with E-state index in [1.807, 2.05) is 13.2 Å². The van der Waals surface area contributed by atoms with Crippen LogP contribution in [-0.4, -0.2) is 56.7 Å². The van der Waals surface area contributed by atoms with Crippen LogP contribution >= 0.6 is 0 Å². The monoisotopic (exact) mass is 278 g/mol. The molecule has 1 atom stereocenters. The van der Waals surface area contributed by atoms with Crippen molar-refractivity contribution in [3.05, 3.63) is 24.2 Å². The molecule has 1 aromatic heterocycles. The fraction of sp³-hybridized carbons (Fsp3) is 0.750. The average molecular weight is 278 g/mol. The van der Waals surface area contributed by atoms with Gasteiger partial charge in [0.25, 0.3) is 0 Å². The van der Waals surface area contributed by atoms with Crippen molar-refractivity contribution in [2.75, 3.05) is 46.9 Å². The summed E-state index contributed by atoms with van der Waals surface area (Å²) in [4.78, 5) is 5.00. The summed E-state index contributed by atoms with van der Waals surface area (Å²) in [6.45, 7) is 6.63. The maximum atomic E-state index is 5.46. The first-order valence-electron chi connectivity index (χ1n) is 7.64. The zero-order chi connectivity index (χ0) is 14.0. The number of hydrogen-bond acceptors (Lipinski definition) is 4. The number of likely N-dealkylation sites (tertiary alicyclic amines) is 2. The van der Waals surface area contributed by atoms with Gasteiger partial charge in [-0.2, -0.15) is 0 Å². The molecule has 0 saturated carbocycles. The van der Waals surface area contributed by atoms with Gasteiger partial charge in [0.1, 0.15) is 5.76 Å². The van der Waals surface area contributed by atoms with E-state index in [0.29, 0.717) is 11.3 Å². The van der Waals surface area contributed by atoms with E-state index in [1.54, 1.807) is 6.26 Å². The number of piperidine rings is 1. The Labute approximate surface area is 121 Å². The third-order valence-electron chi connectivity index (χ3n) is 5.16. The second-order valence-corrected chi connectivity index (χ2v) is 6.57. The van der Waals surface area contributed by atoms with Crippen molar-refractivity contribution >= 4 is 0 Å². The molecule has 112 valence electrons. The molecule has 2 saturated heterocycles. The fourth-order valence-electron chi connectivity index (χ4n) is 4.08. The summed E-state index contributed by atoms with van der Waals surface area (Å²) < 4.78 is 10.9. The lowest BCUT2D eigenvalue weighted by atomic mass is 9.71. The Balaban J connectivity index is 1.59. The minimum Gasteiger partial charge on any atom is -0.468 e. The highest BCUT2D eigenvalue weighted by molar-refractivity contribution is 5.01. The molecular formula is C16H26N2O2. The lowest BCUT2D eigenvalue weighted by molar-refractivity contribution is 0.0335. The Hall–Kier alpha value is -0.840. The molecule has 0 aromatic carbocycles. The van der Waals surface area contributed by atoms with Crippen molar-refractivity contribution in [2.45, 2.75) is 19.4 Å². The second-order valence-electron chi connectivity index (χ2n) is 6.57. The molecule has 0 bridgehead atoms. The van der Waals surface area contributed by atoms with Gasteiger partial charge in [0.2, 0.25) is 0 Å². The Kier molecular flexibility index (Phi) is 4.15. The summed E-state index contributed by atoms with van der Waals surface area (Å²) in [5, 5.41) is 0. The van der Waals surface area contributed by atoms with Crippen molar-refractivity contribution < 1.29 is 9.15 Å². The van der Waals surface area contributed by atoms with Gasteiger partial charge in [-0.15, -0.1) is 0 Å². The second kappa shape index (κ2) is 5.88. The van der Waals surface area contributed by atoms with E-state index >= 15 is 0 Å². The summed E-state index contributed by atoms with van der Waals surface area (Å²) >= 11 is 0. The highest BCUT2D eigenvalue weighted by Gasteiger charge is 2.46. The van der Waals surface area contributed by atoms with Crippen LogP contribution in [0.15, 0.2) is 22.8 Å². The van der Waals surface area contributed by atoms with Crippen LogP contribution in [0.2, 0.25) is 0 Å². The zero-order valence-electron chi connectivity index (χ0n) is 12.7. The standard InChI is InChI=1S/C16H26N2O2/c1-17-10-14(12-19-2)16(13-17)5-7-18(8-6-16)11-15-4-3-9-20-15/h3-4,9,14H,5-8,10-13H2,1-2H3/t14-/m1/s1. The molecule has 0 aliphatic carbocycles. The molecule has 1 aromatic rings. The summed E-state index contributed by atoms with van der Waals surface area (Å²) in [5.74, 6) is 1.78. The maximum Gasteiger partial charge on any atom is 0.117 e. The predicted molar refractivity (Wildman–Crippen MR) is 78.5 cm³/mol. The number of methoxy groups -OCH3 is 1. The van der Waals surface area contributed by atoms with Gasteiger partial charge in [0, 0.05) is 26.1 Å². The maximum absolute atomic E-state index is 5.46. The number of furan rings is 1. The topological polar surface area (TPSA) is 28.9 Å². The smallest absolute Gasteiger partial charge is 0.117 e. The molecule has 2 aliphatic rings. The highest BCUT2D eigenvalue weighted by Crippen LogP contribution is 2.44. The molecule has 0 unspecified atom stereocenters. The summed E-state index contributed by atoms with van der Waals surface area (Å²) in [5.41, 5.74) is 0.477. The van der Waals surface area contributed by atoms with Crippen molar-refractivity contribution in [3.8, 4) is 0 Å². The lowest BCUT2D eigenvalue weighted by Crippen LogP contribution is -2.44. The van der Waals surface area contributed by atoms with Gasteiger partial charge in [-0.1, -0.05) is 0 Å². The molecule has 4 heteroatoms. The SMILES string of the molecule is COC[C@H]1CN(C)CC12CCN(Cc1ccco1)CC2. The summed E-state index contributed by atoms with van der Waals surface area (Å²) in [6, 6.07) is 4.04. The van der Waals surface area contributed by atoms with Crippen molar-refractivity contribution in [1.29, 1.82) is 0 Å². The molecule has 0 radical (unpaired) electrons. The molecule has 2 aliphatic heterocycles. The number of hydrogen-bond donors (Lipinski definition) is 0. The first-order chi connectivity index (χ1) is 9.72. The van der Waals surface area contributed by atoms with E-state index in [2.05, 4.69) is 22.9 Å². The van der Waals surface area contributed by atoms with E-state index in [4.69, 9.17) is 9.15 Å². The van der Waals surface area contributed by atoms with Crippen LogP contribution < -0.4 is 0 Å². The van der Waals surface area contributed by atoms with E-state index in [9.17, 15) is 0 Å². The molecule has 20 heavy (non-hydrogen) atoms. The van der Waals surface area contributed by atoms with Crippen molar-refractivity contribution in [2.24, 2.45) is 11.3 Å². The minimum absolute atomic E-state index is 0.477. The van der Waals surface area contributed by atoms with E-state index in [0.717, 1.165) is 18.9 Å². The van der Waals surface area contributed by atoms with Gasteiger partial charge in [-0.25, -0.2) is 0 Å². The molecule has 3 rings (SSSR count). The predicted octanol–water partition coefficient (Wildman–Crippen LogP) is 2.07. The zero-order valence-corrected chi connectivity index (χ0v) is 12.7. The number of rotatable bonds is 4. The van der Waals surface area contributed by atoms with Gasteiger partial charge in [0.15, 0.2) is 0 Å².